The van der Waals surface area contributed by atoms with E-state index in [1.165, 1.54) is 6.33 Å². The van der Waals surface area contributed by atoms with Crippen molar-refractivity contribution in [2.45, 2.75) is 12.7 Å². The summed E-state index contributed by atoms with van der Waals surface area (Å²) in [5.41, 5.74) is 6.69. The van der Waals surface area contributed by atoms with Gasteiger partial charge < -0.3 is 10.3 Å². The SMILES string of the molecule is Nc1ncn(Cc2ccc(-c3noc(C(F)(F)F)n3)cc2)n1. The Morgan fingerprint density at radius 1 is 1.18 bits per heavy atom. The Bertz CT molecular complexity index is 777. The molecule has 3 aromatic rings. The first-order chi connectivity index (χ1) is 10.4. The van der Waals surface area contributed by atoms with E-state index in [0.29, 0.717) is 12.1 Å². The van der Waals surface area contributed by atoms with E-state index in [9.17, 15) is 13.2 Å². The second-order valence-electron chi connectivity index (χ2n) is 4.42. The maximum Gasteiger partial charge on any atom is 0.471 e. The molecule has 10 heteroatoms. The van der Waals surface area contributed by atoms with Gasteiger partial charge in [-0.05, 0) is 5.56 Å². The molecule has 2 heterocycles. The largest absolute Gasteiger partial charge is 0.471 e. The zero-order valence-corrected chi connectivity index (χ0v) is 10.9. The van der Waals surface area contributed by atoms with Gasteiger partial charge in [0.25, 0.3) is 0 Å². The third-order valence-corrected chi connectivity index (χ3v) is 2.78. The summed E-state index contributed by atoms with van der Waals surface area (Å²) >= 11 is 0. The van der Waals surface area contributed by atoms with Gasteiger partial charge in [0.15, 0.2) is 0 Å². The van der Waals surface area contributed by atoms with Crippen molar-refractivity contribution in [3.05, 3.63) is 42.0 Å². The molecule has 0 amide bonds. The topological polar surface area (TPSA) is 95.7 Å². The minimum Gasteiger partial charge on any atom is -0.367 e. The van der Waals surface area contributed by atoms with Crippen molar-refractivity contribution >= 4 is 5.95 Å². The Hall–Kier alpha value is -2.91. The Morgan fingerprint density at radius 2 is 1.91 bits per heavy atom. The van der Waals surface area contributed by atoms with Crippen LogP contribution in [0.5, 0.6) is 0 Å². The number of hydrogen-bond acceptors (Lipinski definition) is 6. The molecule has 0 fully saturated rings. The molecule has 0 aliphatic carbocycles. The predicted molar refractivity (Wildman–Crippen MR) is 68.3 cm³/mol. The Balaban J connectivity index is 1.78. The summed E-state index contributed by atoms with van der Waals surface area (Å²) in [6.07, 6.45) is -3.17. The van der Waals surface area contributed by atoms with E-state index in [2.05, 4.69) is 24.7 Å². The van der Waals surface area contributed by atoms with Gasteiger partial charge in [0.1, 0.15) is 6.33 Å². The van der Waals surface area contributed by atoms with Gasteiger partial charge >= 0.3 is 12.1 Å². The molecule has 0 aliphatic heterocycles. The van der Waals surface area contributed by atoms with Crippen molar-refractivity contribution in [2.75, 3.05) is 5.73 Å². The number of anilines is 1. The molecule has 0 saturated heterocycles. The van der Waals surface area contributed by atoms with E-state index in [-0.39, 0.29) is 11.8 Å². The minimum atomic E-state index is -4.65. The highest BCUT2D eigenvalue weighted by Gasteiger charge is 2.38. The van der Waals surface area contributed by atoms with Gasteiger partial charge in [-0.15, -0.1) is 5.10 Å². The van der Waals surface area contributed by atoms with Crippen molar-refractivity contribution in [3.63, 3.8) is 0 Å². The molecule has 0 unspecified atom stereocenters. The summed E-state index contributed by atoms with van der Waals surface area (Å²) in [4.78, 5) is 7.12. The molecule has 0 bridgehead atoms. The highest BCUT2D eigenvalue weighted by molar-refractivity contribution is 5.54. The molecule has 0 saturated carbocycles. The fourth-order valence-corrected chi connectivity index (χ4v) is 1.79. The van der Waals surface area contributed by atoms with Crippen molar-refractivity contribution in [2.24, 2.45) is 0 Å². The lowest BCUT2D eigenvalue weighted by molar-refractivity contribution is -0.159. The van der Waals surface area contributed by atoms with E-state index in [4.69, 9.17) is 5.73 Å². The Morgan fingerprint density at radius 3 is 2.45 bits per heavy atom. The van der Waals surface area contributed by atoms with Crippen LogP contribution in [0.3, 0.4) is 0 Å². The van der Waals surface area contributed by atoms with E-state index < -0.39 is 12.1 Å². The van der Waals surface area contributed by atoms with Crippen LogP contribution in [0.15, 0.2) is 35.1 Å². The molecule has 2 aromatic heterocycles. The third kappa shape index (κ3) is 2.90. The second kappa shape index (κ2) is 5.13. The number of alkyl halides is 3. The van der Waals surface area contributed by atoms with Crippen LogP contribution in [0.2, 0.25) is 0 Å². The van der Waals surface area contributed by atoms with Crippen LogP contribution in [0.4, 0.5) is 19.1 Å². The van der Waals surface area contributed by atoms with Crippen molar-refractivity contribution < 1.29 is 17.7 Å². The number of rotatable bonds is 3. The van der Waals surface area contributed by atoms with Crippen molar-refractivity contribution in [1.29, 1.82) is 0 Å². The average molecular weight is 310 g/mol. The lowest BCUT2D eigenvalue weighted by Crippen LogP contribution is -2.04. The first-order valence-electron chi connectivity index (χ1n) is 6.07. The molecule has 3 rings (SSSR count). The number of nitrogen functional groups attached to an aromatic ring is 1. The van der Waals surface area contributed by atoms with Crippen LogP contribution in [-0.2, 0) is 12.7 Å². The van der Waals surface area contributed by atoms with Gasteiger partial charge in [-0.3, -0.25) is 0 Å². The van der Waals surface area contributed by atoms with E-state index in [0.717, 1.165) is 5.56 Å². The van der Waals surface area contributed by atoms with Crippen LogP contribution in [0.1, 0.15) is 11.5 Å². The summed E-state index contributed by atoms with van der Waals surface area (Å²) in [6, 6.07) is 6.63. The third-order valence-electron chi connectivity index (χ3n) is 2.78. The van der Waals surface area contributed by atoms with Gasteiger partial charge in [0.2, 0.25) is 11.8 Å². The molecule has 7 nitrogen and oxygen atoms in total. The van der Waals surface area contributed by atoms with Crippen LogP contribution in [0.25, 0.3) is 11.4 Å². The maximum absolute atomic E-state index is 12.4. The summed E-state index contributed by atoms with van der Waals surface area (Å²) < 4.78 is 42.9. The molecule has 114 valence electrons. The maximum atomic E-state index is 12.4. The highest BCUT2D eigenvalue weighted by Crippen LogP contribution is 2.29. The zero-order chi connectivity index (χ0) is 15.7. The summed E-state index contributed by atoms with van der Waals surface area (Å²) in [5, 5.41) is 7.26. The van der Waals surface area contributed by atoms with E-state index in [1.54, 1.807) is 28.9 Å². The lowest BCUT2D eigenvalue weighted by Gasteiger charge is -2.01. The van der Waals surface area contributed by atoms with Gasteiger partial charge in [0, 0.05) is 5.56 Å². The number of hydrogen-bond donors (Lipinski definition) is 1. The molecule has 1 aromatic carbocycles. The molecular formula is C12H9F3N6O. The lowest BCUT2D eigenvalue weighted by atomic mass is 10.1. The van der Waals surface area contributed by atoms with Gasteiger partial charge in [-0.25, -0.2) is 9.67 Å². The first kappa shape index (κ1) is 14.0. The average Bonchev–Trinajstić information content (AvgIpc) is 3.08. The Labute approximate surface area is 121 Å². The number of halogens is 3. The van der Waals surface area contributed by atoms with Crippen molar-refractivity contribution in [1.82, 2.24) is 24.9 Å². The Kier molecular flexibility index (Phi) is 3.28. The summed E-state index contributed by atoms with van der Waals surface area (Å²) in [6.45, 7) is 0.435. The first-order valence-corrected chi connectivity index (χ1v) is 6.07. The van der Waals surface area contributed by atoms with Crippen molar-refractivity contribution in [3.8, 4) is 11.4 Å². The number of nitrogens with two attached hydrogens (primary N) is 1. The fourth-order valence-electron chi connectivity index (χ4n) is 1.79. The fraction of sp³-hybridized carbons (Fsp3) is 0.167. The summed E-state index contributed by atoms with van der Waals surface area (Å²) in [5.74, 6) is -1.32. The van der Waals surface area contributed by atoms with E-state index >= 15 is 0 Å². The molecule has 0 atom stereocenters. The molecule has 0 aliphatic rings. The van der Waals surface area contributed by atoms with Crippen LogP contribution >= 0.6 is 0 Å². The normalized spacial score (nSPS) is 11.8. The molecule has 2 N–H and O–H groups in total. The molecular weight excluding hydrogens is 301 g/mol. The number of aromatic nitrogens is 5. The van der Waals surface area contributed by atoms with Gasteiger partial charge in [-0.1, -0.05) is 29.4 Å². The van der Waals surface area contributed by atoms with Gasteiger partial charge in [-0.2, -0.15) is 18.2 Å². The standard InChI is InChI=1S/C12H9F3N6O/c13-12(14,15)10-18-9(20-22-10)8-3-1-7(2-4-8)5-21-6-17-11(16)19-21/h1-4,6H,5H2,(H2,16,19). The van der Waals surface area contributed by atoms with Crippen LogP contribution < -0.4 is 5.73 Å². The molecule has 0 radical (unpaired) electrons. The zero-order valence-electron chi connectivity index (χ0n) is 10.9. The minimum absolute atomic E-state index is 0.121. The quantitative estimate of drug-likeness (QED) is 0.794. The van der Waals surface area contributed by atoms with Gasteiger partial charge in [0.05, 0.1) is 6.54 Å². The molecule has 22 heavy (non-hydrogen) atoms. The molecule has 0 spiro atoms. The summed E-state index contributed by atoms with van der Waals surface area (Å²) in [7, 11) is 0. The number of nitrogens with zero attached hydrogens (tertiary/aromatic N) is 5. The van der Waals surface area contributed by atoms with Crippen LogP contribution in [0, 0.1) is 0 Å². The highest BCUT2D eigenvalue weighted by atomic mass is 19.4. The number of benzene rings is 1. The van der Waals surface area contributed by atoms with Crippen LogP contribution in [-0.4, -0.2) is 24.9 Å². The predicted octanol–water partition coefficient (Wildman–Crippen LogP) is 1.98. The monoisotopic (exact) mass is 310 g/mol. The van der Waals surface area contributed by atoms with E-state index in [1.807, 2.05) is 0 Å². The second-order valence-corrected chi connectivity index (χ2v) is 4.42. The smallest absolute Gasteiger partial charge is 0.367 e.